The lowest BCUT2D eigenvalue weighted by Crippen LogP contribution is -2.31. The normalized spacial score (nSPS) is 10.3. The summed E-state index contributed by atoms with van der Waals surface area (Å²) in [4.78, 5) is 35.6. The van der Waals surface area contributed by atoms with Gasteiger partial charge >= 0.3 is 0 Å². The van der Waals surface area contributed by atoms with Crippen LogP contribution >= 0.6 is 11.6 Å². The molecular weight excluding hydrogens is 372 g/mol. The lowest BCUT2D eigenvalue weighted by Gasteiger charge is -2.18. The number of ether oxygens (including phenoxy) is 1. The van der Waals surface area contributed by atoms with Crippen LogP contribution in [0.5, 0.6) is 5.75 Å². The highest BCUT2D eigenvalue weighted by molar-refractivity contribution is 6.31. The molecule has 0 fully saturated rings. The van der Waals surface area contributed by atoms with Crippen LogP contribution in [0.2, 0.25) is 5.02 Å². The summed E-state index contributed by atoms with van der Waals surface area (Å²) in [6.07, 6.45) is 0.420. The molecule has 0 bridgehead atoms. The van der Waals surface area contributed by atoms with Crippen molar-refractivity contribution >= 4 is 29.0 Å². The van der Waals surface area contributed by atoms with Crippen LogP contribution in [0.4, 0.5) is 5.69 Å². The minimum Gasteiger partial charge on any atom is -0.484 e. The van der Waals surface area contributed by atoms with Crippen LogP contribution in [0.15, 0.2) is 42.5 Å². The number of hydrogen-bond donors (Lipinski definition) is 0. The van der Waals surface area contributed by atoms with Crippen LogP contribution in [-0.4, -0.2) is 35.2 Å². The molecule has 2 aromatic carbocycles. The molecule has 0 aliphatic carbocycles. The number of rotatable bonds is 8. The maximum absolute atomic E-state index is 12.2. The van der Waals surface area contributed by atoms with Crippen molar-refractivity contribution in [2.75, 3.05) is 13.7 Å². The van der Waals surface area contributed by atoms with Gasteiger partial charge in [-0.2, -0.15) is 0 Å². The minimum atomic E-state index is -0.516. The molecule has 27 heavy (non-hydrogen) atoms. The predicted octanol–water partition coefficient (Wildman–Crippen LogP) is 3.88. The first-order valence-corrected chi connectivity index (χ1v) is 8.62. The Balaban J connectivity index is 1.95. The molecule has 0 unspecified atom stereocenters. The zero-order valence-electron chi connectivity index (χ0n) is 15.0. The van der Waals surface area contributed by atoms with E-state index < -0.39 is 4.92 Å². The third-order valence-corrected chi connectivity index (χ3v) is 4.30. The number of likely N-dealkylation sites (N-methyl/N-ethyl adjacent to an activating group) is 1. The summed E-state index contributed by atoms with van der Waals surface area (Å²) in [6, 6.07) is 10.7. The van der Waals surface area contributed by atoms with Gasteiger partial charge in [-0.25, -0.2) is 0 Å². The fraction of sp³-hybridized carbons (Fsp3) is 0.263. The predicted molar refractivity (Wildman–Crippen MR) is 101 cm³/mol. The number of nitro benzene ring substituents is 1. The van der Waals surface area contributed by atoms with Gasteiger partial charge in [0.2, 0.25) is 0 Å². The van der Waals surface area contributed by atoms with Gasteiger partial charge in [-0.3, -0.25) is 19.7 Å². The molecule has 0 saturated carbocycles. The van der Waals surface area contributed by atoms with E-state index in [2.05, 4.69) is 0 Å². The highest BCUT2D eigenvalue weighted by Gasteiger charge is 2.15. The Hall–Kier alpha value is -2.93. The van der Waals surface area contributed by atoms with Crippen LogP contribution in [0.1, 0.15) is 29.3 Å². The average molecular weight is 391 g/mol. The molecule has 0 aliphatic rings. The summed E-state index contributed by atoms with van der Waals surface area (Å²) >= 11 is 6.06. The first-order chi connectivity index (χ1) is 12.8. The van der Waals surface area contributed by atoms with E-state index in [-0.39, 0.29) is 30.5 Å². The number of carbonyl (C=O) groups excluding carboxylic acids is 2. The highest BCUT2D eigenvalue weighted by atomic mass is 35.5. The Morgan fingerprint density at radius 1 is 1.19 bits per heavy atom. The zero-order chi connectivity index (χ0) is 20.0. The Bertz CT molecular complexity index is 852. The molecule has 0 heterocycles. The molecule has 0 atom stereocenters. The van der Waals surface area contributed by atoms with Crippen molar-refractivity contribution in [3.05, 3.63) is 68.7 Å². The maximum Gasteiger partial charge on any atom is 0.269 e. The van der Waals surface area contributed by atoms with E-state index in [1.54, 1.807) is 38.2 Å². The monoisotopic (exact) mass is 390 g/mol. The molecule has 2 aromatic rings. The molecule has 0 saturated heterocycles. The first-order valence-electron chi connectivity index (χ1n) is 8.24. The molecule has 0 N–H and O–H groups in total. The molecule has 0 aromatic heterocycles. The van der Waals surface area contributed by atoms with Crippen molar-refractivity contribution in [2.24, 2.45) is 0 Å². The van der Waals surface area contributed by atoms with E-state index >= 15 is 0 Å². The van der Waals surface area contributed by atoms with Gasteiger partial charge in [0.25, 0.3) is 11.6 Å². The van der Waals surface area contributed by atoms with Crippen molar-refractivity contribution in [1.29, 1.82) is 0 Å². The van der Waals surface area contributed by atoms with Crippen molar-refractivity contribution in [1.82, 2.24) is 4.90 Å². The lowest BCUT2D eigenvalue weighted by molar-refractivity contribution is -0.384. The second kappa shape index (κ2) is 9.14. The number of amides is 1. The number of nitrogens with zero attached hydrogens (tertiary/aromatic N) is 2. The lowest BCUT2D eigenvalue weighted by atomic mass is 10.1. The largest absolute Gasteiger partial charge is 0.484 e. The summed E-state index contributed by atoms with van der Waals surface area (Å²) < 4.78 is 5.44. The molecule has 142 valence electrons. The van der Waals surface area contributed by atoms with Crippen LogP contribution in [-0.2, 0) is 11.3 Å². The quantitative estimate of drug-likeness (QED) is 0.387. The number of non-ortho nitro benzene ring substituents is 1. The third kappa shape index (κ3) is 5.52. The van der Waals surface area contributed by atoms with Crippen LogP contribution < -0.4 is 4.74 Å². The van der Waals surface area contributed by atoms with Gasteiger partial charge in [0, 0.05) is 42.7 Å². The number of ketones is 1. The van der Waals surface area contributed by atoms with E-state index in [1.807, 2.05) is 0 Å². The van der Waals surface area contributed by atoms with Crippen LogP contribution in [0.3, 0.4) is 0 Å². The van der Waals surface area contributed by atoms with Crippen molar-refractivity contribution in [3.8, 4) is 5.75 Å². The highest BCUT2D eigenvalue weighted by Crippen LogP contribution is 2.23. The molecule has 7 nitrogen and oxygen atoms in total. The maximum atomic E-state index is 12.2. The van der Waals surface area contributed by atoms with Crippen molar-refractivity contribution in [2.45, 2.75) is 19.9 Å². The SMILES string of the molecule is CCC(=O)c1ccc(OCC(=O)N(C)Cc2cc([N+](=O)[O-])ccc2Cl)cc1. The van der Waals surface area contributed by atoms with E-state index in [0.29, 0.717) is 28.3 Å². The van der Waals surface area contributed by atoms with Crippen LogP contribution in [0, 0.1) is 10.1 Å². The zero-order valence-corrected chi connectivity index (χ0v) is 15.7. The van der Waals surface area contributed by atoms with Crippen molar-refractivity contribution in [3.63, 3.8) is 0 Å². The first kappa shape index (κ1) is 20.4. The standard InChI is InChI=1S/C19H19ClN2O5/c1-3-18(23)13-4-7-16(8-5-13)27-12-19(24)21(2)11-14-10-15(22(25)26)6-9-17(14)20/h4-10H,3,11-12H2,1-2H3. The Kier molecular flexibility index (Phi) is 6.90. The Labute approximate surface area is 161 Å². The molecule has 8 heteroatoms. The van der Waals surface area contributed by atoms with Gasteiger partial charge in [-0.05, 0) is 35.9 Å². The Morgan fingerprint density at radius 2 is 1.85 bits per heavy atom. The summed E-state index contributed by atoms with van der Waals surface area (Å²) in [7, 11) is 1.56. The van der Waals surface area contributed by atoms with E-state index in [9.17, 15) is 19.7 Å². The summed E-state index contributed by atoms with van der Waals surface area (Å²) in [6.45, 7) is 1.70. The van der Waals surface area contributed by atoms with Gasteiger partial charge in [0.15, 0.2) is 12.4 Å². The molecule has 0 aliphatic heterocycles. The fourth-order valence-corrected chi connectivity index (χ4v) is 2.51. The van der Waals surface area contributed by atoms with E-state index in [0.717, 1.165) is 0 Å². The number of Topliss-reactive ketones (excluding diaryl/α,β-unsaturated/α-hetero) is 1. The van der Waals surface area contributed by atoms with Crippen LogP contribution in [0.25, 0.3) is 0 Å². The number of benzene rings is 2. The smallest absolute Gasteiger partial charge is 0.269 e. The molecule has 0 spiro atoms. The second-order valence-electron chi connectivity index (χ2n) is 5.87. The third-order valence-electron chi connectivity index (χ3n) is 3.93. The molecular formula is C19H19ClN2O5. The second-order valence-corrected chi connectivity index (χ2v) is 6.28. The van der Waals surface area contributed by atoms with Gasteiger partial charge in [0.05, 0.1) is 4.92 Å². The van der Waals surface area contributed by atoms with E-state index in [4.69, 9.17) is 16.3 Å². The number of carbonyl (C=O) groups is 2. The Morgan fingerprint density at radius 3 is 2.44 bits per heavy atom. The topological polar surface area (TPSA) is 89.8 Å². The van der Waals surface area contributed by atoms with Gasteiger partial charge in [-0.1, -0.05) is 18.5 Å². The van der Waals surface area contributed by atoms with Gasteiger partial charge in [0.1, 0.15) is 5.75 Å². The van der Waals surface area contributed by atoms with E-state index in [1.165, 1.54) is 23.1 Å². The van der Waals surface area contributed by atoms with Gasteiger partial charge in [-0.15, -0.1) is 0 Å². The van der Waals surface area contributed by atoms with Crippen molar-refractivity contribution < 1.29 is 19.2 Å². The minimum absolute atomic E-state index is 0.0335. The average Bonchev–Trinajstić information content (AvgIpc) is 2.67. The molecule has 2 rings (SSSR count). The van der Waals surface area contributed by atoms with Gasteiger partial charge < -0.3 is 9.64 Å². The number of hydrogen-bond acceptors (Lipinski definition) is 5. The number of halogens is 1. The summed E-state index contributed by atoms with van der Waals surface area (Å²) in [5.74, 6) is 0.190. The molecule has 1 amide bonds. The number of nitro groups is 1. The fourth-order valence-electron chi connectivity index (χ4n) is 2.34. The summed E-state index contributed by atoms with van der Waals surface area (Å²) in [5, 5.41) is 11.2. The molecule has 0 radical (unpaired) electrons. The summed E-state index contributed by atoms with van der Waals surface area (Å²) in [5.41, 5.74) is 0.978.